The van der Waals surface area contributed by atoms with Gasteiger partial charge in [-0.3, -0.25) is 0 Å². The van der Waals surface area contributed by atoms with E-state index in [1.165, 1.54) is 5.56 Å². The van der Waals surface area contributed by atoms with E-state index in [4.69, 9.17) is 9.84 Å². The van der Waals surface area contributed by atoms with Crippen molar-refractivity contribution >= 4 is 16.7 Å². The number of aliphatic carboxylic acids is 1. The Bertz CT molecular complexity index is 532. The summed E-state index contributed by atoms with van der Waals surface area (Å²) >= 11 is 0. The van der Waals surface area contributed by atoms with Crippen molar-refractivity contribution in [2.45, 2.75) is 6.92 Å². The lowest BCUT2D eigenvalue weighted by molar-refractivity contribution is -0.139. The average Bonchev–Trinajstić information content (AvgIpc) is 2.26. The van der Waals surface area contributed by atoms with Crippen LogP contribution in [0, 0.1) is 6.92 Å². The Labute approximate surface area is 93.3 Å². The molecule has 16 heavy (non-hydrogen) atoms. The SMILES string of the molecule is Cc1ccc2cc(OCC(=O)O)ccc2c1. The summed E-state index contributed by atoms with van der Waals surface area (Å²) in [6.07, 6.45) is 0. The molecule has 0 amide bonds. The second-order valence-electron chi connectivity index (χ2n) is 3.69. The van der Waals surface area contributed by atoms with Gasteiger partial charge in [0.2, 0.25) is 0 Å². The van der Waals surface area contributed by atoms with Crippen LogP contribution < -0.4 is 4.74 Å². The predicted octanol–water partition coefficient (Wildman–Crippen LogP) is 2.61. The third-order valence-electron chi connectivity index (χ3n) is 2.33. The standard InChI is InChI=1S/C13H12O3/c1-9-2-3-11-7-12(16-8-13(14)15)5-4-10(11)6-9/h2-7H,8H2,1H3,(H,14,15). The molecule has 0 aliphatic carbocycles. The first kappa shape index (κ1) is 10.5. The van der Waals surface area contributed by atoms with Crippen molar-refractivity contribution < 1.29 is 14.6 Å². The van der Waals surface area contributed by atoms with Gasteiger partial charge in [-0.2, -0.15) is 0 Å². The molecule has 0 aliphatic rings. The maximum absolute atomic E-state index is 10.4. The molecule has 2 rings (SSSR count). The highest BCUT2D eigenvalue weighted by Crippen LogP contribution is 2.21. The van der Waals surface area contributed by atoms with Gasteiger partial charge in [-0.25, -0.2) is 4.79 Å². The molecule has 0 saturated heterocycles. The minimum Gasteiger partial charge on any atom is -0.482 e. The molecule has 3 heteroatoms. The first-order chi connectivity index (χ1) is 7.65. The molecule has 0 atom stereocenters. The molecule has 0 radical (unpaired) electrons. The van der Waals surface area contributed by atoms with E-state index in [0.717, 1.165) is 10.8 Å². The Morgan fingerprint density at radius 1 is 1.19 bits per heavy atom. The van der Waals surface area contributed by atoms with Crippen LogP contribution >= 0.6 is 0 Å². The Balaban J connectivity index is 2.30. The minimum atomic E-state index is -0.969. The highest BCUT2D eigenvalue weighted by molar-refractivity contribution is 5.84. The highest BCUT2D eigenvalue weighted by atomic mass is 16.5. The van der Waals surface area contributed by atoms with Crippen molar-refractivity contribution in [3.05, 3.63) is 42.0 Å². The molecular formula is C13H12O3. The minimum absolute atomic E-state index is 0.308. The quantitative estimate of drug-likeness (QED) is 0.857. The molecule has 0 aromatic heterocycles. The third-order valence-corrected chi connectivity index (χ3v) is 2.33. The van der Waals surface area contributed by atoms with Gasteiger partial charge in [0.25, 0.3) is 0 Å². The summed E-state index contributed by atoms with van der Waals surface area (Å²) < 4.78 is 5.11. The summed E-state index contributed by atoms with van der Waals surface area (Å²) in [4.78, 5) is 10.4. The summed E-state index contributed by atoms with van der Waals surface area (Å²) in [6.45, 7) is 1.73. The van der Waals surface area contributed by atoms with Crippen LogP contribution in [0.4, 0.5) is 0 Å². The maximum atomic E-state index is 10.4. The normalized spacial score (nSPS) is 10.3. The van der Waals surface area contributed by atoms with Crippen molar-refractivity contribution in [1.29, 1.82) is 0 Å². The van der Waals surface area contributed by atoms with Crippen molar-refractivity contribution in [1.82, 2.24) is 0 Å². The number of hydrogen-bond donors (Lipinski definition) is 1. The van der Waals surface area contributed by atoms with Gasteiger partial charge < -0.3 is 9.84 Å². The van der Waals surface area contributed by atoms with Crippen molar-refractivity contribution in [2.24, 2.45) is 0 Å². The molecule has 0 aliphatic heterocycles. The molecule has 0 spiro atoms. The van der Waals surface area contributed by atoms with E-state index < -0.39 is 5.97 Å². The molecule has 2 aromatic carbocycles. The van der Waals surface area contributed by atoms with E-state index in [1.807, 2.05) is 31.2 Å². The molecular weight excluding hydrogens is 204 g/mol. The van der Waals surface area contributed by atoms with Crippen LogP contribution in [0.3, 0.4) is 0 Å². The molecule has 2 aromatic rings. The Morgan fingerprint density at radius 3 is 2.62 bits per heavy atom. The zero-order valence-electron chi connectivity index (χ0n) is 8.93. The Morgan fingerprint density at radius 2 is 1.88 bits per heavy atom. The zero-order valence-corrected chi connectivity index (χ0v) is 8.93. The number of carboxylic acid groups (broad SMARTS) is 1. The van der Waals surface area contributed by atoms with Gasteiger partial charge in [-0.15, -0.1) is 0 Å². The summed E-state index contributed by atoms with van der Waals surface area (Å²) in [5.41, 5.74) is 1.20. The summed E-state index contributed by atoms with van der Waals surface area (Å²) in [5.74, 6) is -0.386. The van der Waals surface area contributed by atoms with Gasteiger partial charge in [0.15, 0.2) is 6.61 Å². The lowest BCUT2D eigenvalue weighted by atomic mass is 10.1. The van der Waals surface area contributed by atoms with Crippen LogP contribution in [0.5, 0.6) is 5.75 Å². The van der Waals surface area contributed by atoms with Crippen LogP contribution in [0.1, 0.15) is 5.56 Å². The predicted molar refractivity (Wildman–Crippen MR) is 61.8 cm³/mol. The molecule has 0 heterocycles. The van der Waals surface area contributed by atoms with Gasteiger partial charge in [-0.05, 0) is 29.8 Å². The summed E-state index contributed by atoms with van der Waals surface area (Å²) in [5, 5.41) is 10.7. The number of carbonyl (C=O) groups is 1. The molecule has 82 valence electrons. The number of fused-ring (bicyclic) bond motifs is 1. The average molecular weight is 216 g/mol. The van der Waals surface area contributed by atoms with E-state index in [-0.39, 0.29) is 6.61 Å². The summed E-state index contributed by atoms with van der Waals surface area (Å²) in [7, 11) is 0. The molecule has 0 unspecified atom stereocenters. The number of ether oxygens (including phenoxy) is 1. The van der Waals surface area contributed by atoms with Crippen LogP contribution in [0.25, 0.3) is 10.8 Å². The first-order valence-corrected chi connectivity index (χ1v) is 5.00. The number of hydrogen-bond acceptors (Lipinski definition) is 2. The van der Waals surface area contributed by atoms with Crippen LogP contribution in [-0.4, -0.2) is 17.7 Å². The third kappa shape index (κ3) is 2.31. The monoisotopic (exact) mass is 216 g/mol. The lowest BCUT2D eigenvalue weighted by Gasteiger charge is -2.05. The van der Waals surface area contributed by atoms with E-state index >= 15 is 0 Å². The largest absolute Gasteiger partial charge is 0.482 e. The van der Waals surface area contributed by atoms with Crippen LogP contribution in [-0.2, 0) is 4.79 Å². The lowest BCUT2D eigenvalue weighted by Crippen LogP contribution is -2.09. The highest BCUT2D eigenvalue weighted by Gasteiger charge is 2.00. The van der Waals surface area contributed by atoms with Gasteiger partial charge in [-0.1, -0.05) is 29.8 Å². The number of aryl methyl sites for hydroxylation is 1. The second kappa shape index (κ2) is 4.23. The first-order valence-electron chi connectivity index (χ1n) is 5.00. The van der Waals surface area contributed by atoms with E-state index in [9.17, 15) is 4.79 Å². The van der Waals surface area contributed by atoms with Gasteiger partial charge in [0.1, 0.15) is 5.75 Å². The summed E-state index contributed by atoms with van der Waals surface area (Å²) in [6, 6.07) is 11.7. The Hall–Kier alpha value is -2.03. The zero-order chi connectivity index (χ0) is 11.5. The van der Waals surface area contributed by atoms with Crippen molar-refractivity contribution in [2.75, 3.05) is 6.61 Å². The number of benzene rings is 2. The fraction of sp³-hybridized carbons (Fsp3) is 0.154. The Kier molecular flexibility index (Phi) is 2.77. The van der Waals surface area contributed by atoms with Gasteiger partial charge in [0, 0.05) is 0 Å². The van der Waals surface area contributed by atoms with E-state index in [2.05, 4.69) is 6.07 Å². The number of rotatable bonds is 3. The molecule has 1 N–H and O–H groups in total. The molecule has 0 saturated carbocycles. The van der Waals surface area contributed by atoms with Crippen LogP contribution in [0.15, 0.2) is 36.4 Å². The smallest absolute Gasteiger partial charge is 0.341 e. The van der Waals surface area contributed by atoms with Crippen molar-refractivity contribution in [3.8, 4) is 5.75 Å². The van der Waals surface area contributed by atoms with E-state index in [0.29, 0.717) is 5.75 Å². The maximum Gasteiger partial charge on any atom is 0.341 e. The molecule has 0 bridgehead atoms. The van der Waals surface area contributed by atoms with Gasteiger partial charge >= 0.3 is 5.97 Å². The molecule has 0 fully saturated rings. The van der Waals surface area contributed by atoms with Gasteiger partial charge in [0.05, 0.1) is 0 Å². The second-order valence-corrected chi connectivity index (χ2v) is 3.69. The van der Waals surface area contributed by atoms with Crippen LogP contribution in [0.2, 0.25) is 0 Å². The van der Waals surface area contributed by atoms with E-state index in [1.54, 1.807) is 6.07 Å². The fourth-order valence-electron chi connectivity index (χ4n) is 1.58. The molecule has 3 nitrogen and oxygen atoms in total. The van der Waals surface area contributed by atoms with Crippen molar-refractivity contribution in [3.63, 3.8) is 0 Å². The number of carboxylic acids is 1. The topological polar surface area (TPSA) is 46.5 Å². The fourth-order valence-corrected chi connectivity index (χ4v) is 1.58.